The fourth-order valence-corrected chi connectivity index (χ4v) is 2.34. The summed E-state index contributed by atoms with van der Waals surface area (Å²) in [6, 6.07) is 10.2. The minimum atomic E-state index is -1.21. The number of carboxylic acid groups (broad SMARTS) is 1. The van der Waals surface area contributed by atoms with Gasteiger partial charge >= 0.3 is 5.97 Å². The molecule has 0 saturated carbocycles. The third kappa shape index (κ3) is 2.19. The molecule has 0 bridgehead atoms. The number of halogens is 1. The Kier molecular flexibility index (Phi) is 3.30. The molecule has 7 heteroatoms. The number of aromatic carboxylic acids is 1. The van der Waals surface area contributed by atoms with Crippen molar-refractivity contribution in [1.82, 2.24) is 9.71 Å². The molecular formula is C15H8ClN2O4-. The molecule has 1 aromatic heterocycles. The van der Waals surface area contributed by atoms with Gasteiger partial charge in [0.15, 0.2) is 0 Å². The van der Waals surface area contributed by atoms with E-state index in [4.69, 9.17) is 11.6 Å². The summed E-state index contributed by atoms with van der Waals surface area (Å²) in [5.74, 6) is -1.48. The third-order valence-electron chi connectivity index (χ3n) is 3.19. The first-order valence-corrected chi connectivity index (χ1v) is 6.59. The van der Waals surface area contributed by atoms with Crippen LogP contribution in [0.1, 0.15) is 10.4 Å². The van der Waals surface area contributed by atoms with Crippen molar-refractivity contribution in [3.63, 3.8) is 0 Å². The molecular weight excluding hydrogens is 308 g/mol. The van der Waals surface area contributed by atoms with Crippen LogP contribution in [0, 0.1) is 5.21 Å². The van der Waals surface area contributed by atoms with Crippen LogP contribution in [0.25, 0.3) is 22.3 Å². The minimum absolute atomic E-state index is 0.0731. The van der Waals surface area contributed by atoms with Crippen LogP contribution >= 0.6 is 11.6 Å². The Hall–Kier alpha value is -2.86. The molecule has 2 aromatic carbocycles. The van der Waals surface area contributed by atoms with E-state index >= 15 is 0 Å². The number of hydrogen-bond acceptors (Lipinski definition) is 4. The van der Waals surface area contributed by atoms with Crippen LogP contribution < -0.4 is 5.56 Å². The summed E-state index contributed by atoms with van der Waals surface area (Å²) in [4.78, 5) is 27.5. The quantitative estimate of drug-likeness (QED) is 0.784. The summed E-state index contributed by atoms with van der Waals surface area (Å²) >= 11 is 5.87. The van der Waals surface area contributed by atoms with Gasteiger partial charge in [-0.2, -0.15) is 0 Å². The average Bonchev–Trinajstić information content (AvgIpc) is 2.50. The Morgan fingerprint density at radius 2 is 1.95 bits per heavy atom. The van der Waals surface area contributed by atoms with Gasteiger partial charge in [0.2, 0.25) is 0 Å². The summed E-state index contributed by atoms with van der Waals surface area (Å²) in [7, 11) is 0. The number of rotatable bonds is 2. The van der Waals surface area contributed by atoms with Crippen LogP contribution in [0.5, 0.6) is 0 Å². The number of carbonyl (C=O) groups is 1. The Labute approximate surface area is 128 Å². The lowest BCUT2D eigenvalue weighted by Gasteiger charge is -2.17. The lowest BCUT2D eigenvalue weighted by Crippen LogP contribution is -2.20. The SMILES string of the molecule is O=C(O)c1ccccc1-c1nc2cc(Cl)ccc2c(=O)n1[O-]. The van der Waals surface area contributed by atoms with Crippen molar-refractivity contribution in [2.45, 2.75) is 0 Å². The standard InChI is InChI=1S/C15H8ClN2O4/c16-8-5-6-11-12(7-8)17-13(18(22)14(11)19)9-3-1-2-4-10(9)15(20)21/h1-7H,(H,20,21)/q-1. The van der Waals surface area contributed by atoms with Gasteiger partial charge in [-0.3, -0.25) is 4.79 Å². The first kappa shape index (κ1) is 14.1. The van der Waals surface area contributed by atoms with Crippen molar-refractivity contribution in [2.24, 2.45) is 0 Å². The van der Waals surface area contributed by atoms with E-state index < -0.39 is 11.5 Å². The van der Waals surface area contributed by atoms with Gasteiger partial charge in [-0.15, -0.1) is 0 Å². The molecule has 22 heavy (non-hydrogen) atoms. The predicted octanol–water partition coefficient (Wildman–Crippen LogP) is 2.76. The van der Waals surface area contributed by atoms with Crippen LogP contribution in [0.2, 0.25) is 5.02 Å². The number of fused-ring (bicyclic) bond motifs is 1. The predicted molar refractivity (Wildman–Crippen MR) is 82.2 cm³/mol. The summed E-state index contributed by atoms with van der Waals surface area (Å²) in [6.07, 6.45) is 0. The van der Waals surface area contributed by atoms with E-state index in [-0.39, 0.29) is 32.6 Å². The molecule has 110 valence electrons. The number of aromatic nitrogens is 2. The second kappa shape index (κ2) is 5.16. The average molecular weight is 316 g/mol. The molecule has 6 nitrogen and oxygen atoms in total. The molecule has 0 atom stereocenters. The van der Waals surface area contributed by atoms with Gasteiger partial charge in [0, 0.05) is 10.6 Å². The van der Waals surface area contributed by atoms with Gasteiger partial charge in [0.05, 0.1) is 16.5 Å². The molecule has 1 heterocycles. The molecule has 0 unspecified atom stereocenters. The van der Waals surface area contributed by atoms with Crippen LogP contribution in [0.15, 0.2) is 47.3 Å². The Morgan fingerprint density at radius 3 is 2.68 bits per heavy atom. The highest BCUT2D eigenvalue weighted by molar-refractivity contribution is 6.31. The Morgan fingerprint density at radius 1 is 1.23 bits per heavy atom. The largest absolute Gasteiger partial charge is 0.802 e. The number of carboxylic acids is 1. The van der Waals surface area contributed by atoms with Gasteiger partial charge in [-0.1, -0.05) is 29.8 Å². The molecule has 0 spiro atoms. The lowest BCUT2D eigenvalue weighted by atomic mass is 10.1. The van der Waals surface area contributed by atoms with Crippen molar-refractivity contribution in [1.29, 1.82) is 0 Å². The van der Waals surface area contributed by atoms with E-state index in [1.54, 1.807) is 6.07 Å². The maximum absolute atomic E-state index is 12.2. The van der Waals surface area contributed by atoms with E-state index in [1.165, 1.54) is 36.4 Å². The zero-order valence-electron chi connectivity index (χ0n) is 11.0. The third-order valence-corrected chi connectivity index (χ3v) is 3.43. The van der Waals surface area contributed by atoms with E-state index in [2.05, 4.69) is 4.98 Å². The van der Waals surface area contributed by atoms with Crippen LogP contribution in [-0.4, -0.2) is 20.8 Å². The Bertz CT molecular complexity index is 965. The maximum Gasteiger partial charge on any atom is 0.336 e. The topological polar surface area (TPSA) is 95.2 Å². The first-order valence-electron chi connectivity index (χ1n) is 6.21. The zero-order valence-corrected chi connectivity index (χ0v) is 11.7. The highest BCUT2D eigenvalue weighted by Crippen LogP contribution is 2.23. The lowest BCUT2D eigenvalue weighted by molar-refractivity contribution is 0.0697. The molecule has 0 aliphatic heterocycles. The summed E-state index contributed by atoms with van der Waals surface area (Å²) in [5.41, 5.74) is -0.610. The molecule has 3 rings (SSSR count). The monoisotopic (exact) mass is 315 g/mol. The normalized spacial score (nSPS) is 10.8. The summed E-state index contributed by atoms with van der Waals surface area (Å²) in [6.45, 7) is 0. The number of benzene rings is 2. The van der Waals surface area contributed by atoms with E-state index in [9.17, 15) is 19.9 Å². The van der Waals surface area contributed by atoms with E-state index in [0.717, 1.165) is 0 Å². The van der Waals surface area contributed by atoms with E-state index in [1.807, 2.05) is 0 Å². The van der Waals surface area contributed by atoms with Crippen LogP contribution in [-0.2, 0) is 0 Å². The molecule has 0 saturated heterocycles. The minimum Gasteiger partial charge on any atom is -0.802 e. The van der Waals surface area contributed by atoms with Gasteiger partial charge in [-0.25, -0.2) is 9.78 Å². The van der Waals surface area contributed by atoms with Gasteiger partial charge < -0.3 is 15.0 Å². The molecule has 3 aromatic rings. The van der Waals surface area contributed by atoms with E-state index in [0.29, 0.717) is 5.02 Å². The van der Waals surface area contributed by atoms with Crippen molar-refractivity contribution in [2.75, 3.05) is 0 Å². The van der Waals surface area contributed by atoms with Crippen molar-refractivity contribution in [3.8, 4) is 11.4 Å². The molecule has 0 fully saturated rings. The molecule has 0 amide bonds. The molecule has 0 aliphatic rings. The molecule has 0 aliphatic carbocycles. The molecule has 1 N–H and O–H groups in total. The highest BCUT2D eigenvalue weighted by atomic mass is 35.5. The first-order chi connectivity index (χ1) is 10.5. The van der Waals surface area contributed by atoms with Gasteiger partial charge in [0.1, 0.15) is 5.82 Å². The fourth-order valence-electron chi connectivity index (χ4n) is 2.18. The zero-order chi connectivity index (χ0) is 15.9. The second-order valence-electron chi connectivity index (χ2n) is 4.55. The smallest absolute Gasteiger partial charge is 0.336 e. The second-order valence-corrected chi connectivity index (χ2v) is 4.98. The number of hydrogen-bond donors (Lipinski definition) is 1. The van der Waals surface area contributed by atoms with Crippen LogP contribution in [0.4, 0.5) is 0 Å². The fraction of sp³-hybridized carbons (Fsp3) is 0. The van der Waals surface area contributed by atoms with Gasteiger partial charge in [0.25, 0.3) is 5.56 Å². The van der Waals surface area contributed by atoms with Crippen LogP contribution in [0.3, 0.4) is 0 Å². The van der Waals surface area contributed by atoms with Crippen molar-refractivity contribution < 1.29 is 9.90 Å². The number of nitrogens with zero attached hydrogens (tertiary/aromatic N) is 2. The highest BCUT2D eigenvalue weighted by Gasteiger charge is 2.15. The summed E-state index contributed by atoms with van der Waals surface area (Å²) < 4.78 is 0.0952. The van der Waals surface area contributed by atoms with Crippen molar-refractivity contribution in [3.05, 3.63) is 68.6 Å². The Balaban J connectivity index is 2.40. The maximum atomic E-state index is 12.2. The van der Waals surface area contributed by atoms with Gasteiger partial charge in [-0.05, 0) is 24.3 Å². The molecule has 0 radical (unpaired) electrons. The summed E-state index contributed by atoms with van der Waals surface area (Å²) in [5, 5.41) is 21.8. The van der Waals surface area contributed by atoms with Crippen molar-refractivity contribution >= 4 is 28.5 Å².